The van der Waals surface area contributed by atoms with E-state index in [0.29, 0.717) is 15.6 Å². The molecule has 1 aliphatic heterocycles. The smallest absolute Gasteiger partial charge is 0.267 e. The van der Waals surface area contributed by atoms with Crippen LogP contribution in [0.15, 0.2) is 23.2 Å². The summed E-state index contributed by atoms with van der Waals surface area (Å²) in [4.78, 5) is 14.8. The van der Waals surface area contributed by atoms with Crippen LogP contribution >= 0.6 is 11.6 Å². The molecule has 64 valence electrons. The van der Waals surface area contributed by atoms with Crippen LogP contribution in [-0.4, -0.2) is 5.91 Å². The number of rotatable bonds is 0. The Balaban J connectivity index is 2.92. The Bertz CT molecular complexity index is 516. The van der Waals surface area contributed by atoms with Gasteiger partial charge in [0, 0.05) is 21.9 Å². The molecule has 1 aliphatic rings. The zero-order valence-corrected chi connectivity index (χ0v) is 7.51. The second-order valence-electron chi connectivity index (χ2n) is 2.75. The third-order valence-corrected chi connectivity index (χ3v) is 2.24. The third-order valence-electron chi connectivity index (χ3n) is 1.88. The zero-order valence-electron chi connectivity index (χ0n) is 6.75. The van der Waals surface area contributed by atoms with Crippen molar-refractivity contribution >= 4 is 30.2 Å². The molecule has 13 heavy (non-hydrogen) atoms. The number of hydrogen-bond acceptors (Lipinski definition) is 1. The Morgan fingerprint density at radius 2 is 2.08 bits per heavy atom. The molecular weight excluding hydrogens is 186 g/mol. The number of hydrogen-bond donors (Lipinski definition) is 0. The van der Waals surface area contributed by atoms with Gasteiger partial charge < -0.3 is 0 Å². The summed E-state index contributed by atoms with van der Waals surface area (Å²) in [6.07, 6.45) is 3.14. The van der Waals surface area contributed by atoms with Crippen LogP contribution in [0.3, 0.4) is 0 Å². The molecule has 0 saturated heterocycles. The van der Waals surface area contributed by atoms with Crippen LogP contribution in [0.25, 0.3) is 12.7 Å². The van der Waals surface area contributed by atoms with Crippen molar-refractivity contribution in [1.82, 2.24) is 0 Å². The van der Waals surface area contributed by atoms with Gasteiger partial charge in [0.2, 0.25) is 0 Å². The van der Waals surface area contributed by atoms with Crippen molar-refractivity contribution < 1.29 is 4.79 Å². The van der Waals surface area contributed by atoms with Gasteiger partial charge in [-0.1, -0.05) is 24.2 Å². The molecule has 0 atom stereocenters. The zero-order chi connectivity index (χ0) is 9.42. The highest BCUT2D eigenvalue weighted by molar-refractivity contribution is 6.30. The molecular formula is C10H6ClNO. The molecule has 1 aromatic rings. The fourth-order valence-electron chi connectivity index (χ4n) is 1.20. The Hall–Kier alpha value is -1.41. The van der Waals surface area contributed by atoms with Crippen LogP contribution in [0.5, 0.6) is 0 Å². The van der Waals surface area contributed by atoms with Gasteiger partial charge in [0.05, 0.1) is 5.36 Å². The van der Waals surface area contributed by atoms with Gasteiger partial charge in [0.25, 0.3) is 5.91 Å². The highest BCUT2D eigenvalue weighted by Crippen LogP contribution is 2.03. The van der Waals surface area contributed by atoms with Gasteiger partial charge in [-0.25, -0.2) is 4.99 Å². The molecule has 2 rings (SSSR count). The Morgan fingerprint density at radius 1 is 1.31 bits per heavy atom. The SMILES string of the molecule is C=c1c(Cl)ccc2c1=NC(=O)C=C2. The minimum Gasteiger partial charge on any atom is -0.267 e. The van der Waals surface area contributed by atoms with Gasteiger partial charge in [0.15, 0.2) is 0 Å². The lowest BCUT2D eigenvalue weighted by atomic mass is 10.1. The lowest BCUT2D eigenvalue weighted by molar-refractivity contribution is -0.113. The molecule has 0 aliphatic carbocycles. The van der Waals surface area contributed by atoms with E-state index in [9.17, 15) is 4.79 Å². The summed E-state index contributed by atoms with van der Waals surface area (Å²) < 4.78 is 0. The van der Waals surface area contributed by atoms with E-state index in [1.54, 1.807) is 12.1 Å². The molecule has 1 amide bonds. The van der Waals surface area contributed by atoms with Crippen LogP contribution in [0.1, 0.15) is 5.56 Å². The largest absolute Gasteiger partial charge is 0.270 e. The van der Waals surface area contributed by atoms with Crippen molar-refractivity contribution in [1.29, 1.82) is 0 Å². The van der Waals surface area contributed by atoms with Crippen LogP contribution in [0, 0.1) is 0 Å². The summed E-state index contributed by atoms with van der Waals surface area (Å²) in [5.74, 6) is -0.264. The molecule has 0 aromatic heterocycles. The number of carbonyl (C=O) groups is 1. The molecule has 0 fully saturated rings. The summed E-state index contributed by atoms with van der Waals surface area (Å²) in [6, 6.07) is 3.57. The number of fused-ring (bicyclic) bond motifs is 1. The molecule has 0 saturated carbocycles. The predicted molar refractivity (Wildman–Crippen MR) is 51.8 cm³/mol. The summed E-state index contributed by atoms with van der Waals surface area (Å²) in [7, 11) is 0. The Labute approximate surface area is 79.9 Å². The topological polar surface area (TPSA) is 29.4 Å². The van der Waals surface area contributed by atoms with Crippen LogP contribution in [-0.2, 0) is 4.79 Å². The molecule has 0 radical (unpaired) electrons. The van der Waals surface area contributed by atoms with Crippen molar-refractivity contribution in [3.05, 3.63) is 39.4 Å². The third kappa shape index (κ3) is 1.29. The number of amides is 1. The lowest BCUT2D eigenvalue weighted by Gasteiger charge is -2.01. The maximum Gasteiger partial charge on any atom is 0.270 e. The second kappa shape index (κ2) is 2.82. The standard InChI is InChI=1S/C10H6ClNO/c1-6-8(11)4-2-7-3-5-9(13)12-10(6)7/h2-5H,1H2. The highest BCUT2D eigenvalue weighted by Gasteiger charge is 2.04. The van der Waals surface area contributed by atoms with Crippen LogP contribution < -0.4 is 10.6 Å². The number of nitrogens with zero attached hydrogens (tertiary/aromatic N) is 1. The monoisotopic (exact) mass is 191 g/mol. The summed E-state index contributed by atoms with van der Waals surface area (Å²) in [5.41, 5.74) is 0.883. The van der Waals surface area contributed by atoms with Gasteiger partial charge in [-0.3, -0.25) is 4.79 Å². The lowest BCUT2D eigenvalue weighted by Crippen LogP contribution is -2.30. The van der Waals surface area contributed by atoms with E-state index < -0.39 is 0 Å². The molecule has 0 spiro atoms. The van der Waals surface area contributed by atoms with E-state index >= 15 is 0 Å². The van der Waals surface area contributed by atoms with E-state index in [4.69, 9.17) is 11.6 Å². The highest BCUT2D eigenvalue weighted by atomic mass is 35.5. The predicted octanol–water partition coefficient (Wildman–Crippen LogP) is 0.923. The average Bonchev–Trinajstić information content (AvgIpc) is 2.12. The quantitative estimate of drug-likeness (QED) is 0.600. The summed E-state index contributed by atoms with van der Waals surface area (Å²) in [6.45, 7) is 3.76. The molecule has 2 nitrogen and oxygen atoms in total. The number of benzene rings is 1. The normalized spacial score (nSPS) is 13.8. The van der Waals surface area contributed by atoms with E-state index in [1.807, 2.05) is 6.07 Å². The van der Waals surface area contributed by atoms with Crippen molar-refractivity contribution in [2.75, 3.05) is 0 Å². The first-order chi connectivity index (χ1) is 6.18. The van der Waals surface area contributed by atoms with Crippen molar-refractivity contribution in [3.8, 4) is 0 Å². The molecule has 3 heteroatoms. The minimum atomic E-state index is -0.264. The van der Waals surface area contributed by atoms with E-state index in [0.717, 1.165) is 5.56 Å². The fraction of sp³-hybridized carbons (Fsp3) is 0. The van der Waals surface area contributed by atoms with E-state index in [2.05, 4.69) is 11.6 Å². The molecule has 1 aromatic carbocycles. The maximum absolute atomic E-state index is 11.0. The fourth-order valence-corrected chi connectivity index (χ4v) is 1.36. The average molecular weight is 192 g/mol. The number of halogens is 1. The first-order valence-electron chi connectivity index (χ1n) is 3.77. The first kappa shape index (κ1) is 8.20. The van der Waals surface area contributed by atoms with E-state index in [-0.39, 0.29) is 5.91 Å². The molecule has 0 unspecified atom stereocenters. The van der Waals surface area contributed by atoms with Crippen LogP contribution in [0.2, 0.25) is 5.02 Å². The van der Waals surface area contributed by atoms with Crippen LogP contribution in [0.4, 0.5) is 0 Å². The van der Waals surface area contributed by atoms with E-state index in [1.165, 1.54) is 6.08 Å². The van der Waals surface area contributed by atoms with Crippen molar-refractivity contribution in [2.24, 2.45) is 4.99 Å². The van der Waals surface area contributed by atoms with Gasteiger partial charge in [-0.15, -0.1) is 0 Å². The summed E-state index contributed by atoms with van der Waals surface area (Å²) >= 11 is 5.84. The summed E-state index contributed by atoms with van der Waals surface area (Å²) in [5, 5.41) is 1.72. The van der Waals surface area contributed by atoms with Gasteiger partial charge in [0.1, 0.15) is 0 Å². The minimum absolute atomic E-state index is 0.264. The second-order valence-corrected chi connectivity index (χ2v) is 3.15. The molecule has 0 N–H and O–H groups in total. The Morgan fingerprint density at radius 3 is 2.85 bits per heavy atom. The Kier molecular flexibility index (Phi) is 1.78. The molecule has 0 bridgehead atoms. The van der Waals surface area contributed by atoms with Gasteiger partial charge in [-0.2, -0.15) is 0 Å². The van der Waals surface area contributed by atoms with Crippen molar-refractivity contribution in [3.63, 3.8) is 0 Å². The maximum atomic E-state index is 11.0. The first-order valence-corrected chi connectivity index (χ1v) is 4.14. The van der Waals surface area contributed by atoms with Gasteiger partial charge >= 0.3 is 0 Å². The number of carbonyl (C=O) groups excluding carboxylic acids is 1. The van der Waals surface area contributed by atoms with Crippen molar-refractivity contribution in [2.45, 2.75) is 0 Å². The molecule has 1 heterocycles. The van der Waals surface area contributed by atoms with Gasteiger partial charge in [-0.05, 0) is 12.1 Å².